The Bertz CT molecular complexity index is 528. The summed E-state index contributed by atoms with van der Waals surface area (Å²) >= 11 is 0. The zero-order valence-electron chi connectivity index (χ0n) is 7.67. The van der Waals surface area contributed by atoms with Crippen LogP contribution in [0.2, 0.25) is 0 Å². The van der Waals surface area contributed by atoms with E-state index in [0.29, 0.717) is 0 Å². The number of hydrogen-bond acceptors (Lipinski definition) is 4. The van der Waals surface area contributed by atoms with Gasteiger partial charge in [-0.05, 0) is 0 Å². The van der Waals surface area contributed by atoms with Crippen molar-refractivity contribution < 1.29 is 22.8 Å². The molecule has 16 heavy (non-hydrogen) atoms. The van der Waals surface area contributed by atoms with E-state index in [2.05, 4.69) is 9.68 Å². The minimum Gasteiger partial charge on any atom is -0.504 e. The monoisotopic (exact) mass is 230 g/mol. The molecule has 0 radical (unpaired) electrons. The van der Waals surface area contributed by atoms with Crippen LogP contribution in [0, 0.1) is 17.5 Å². The number of aromatic nitrogens is 1. The number of anilines is 1. The fourth-order valence-corrected chi connectivity index (χ4v) is 1.22. The third-order valence-corrected chi connectivity index (χ3v) is 1.92. The lowest BCUT2D eigenvalue weighted by Crippen LogP contribution is -1.93. The molecule has 1 aromatic carbocycles. The predicted molar refractivity (Wildman–Crippen MR) is 47.9 cm³/mol. The number of phenols is 1. The summed E-state index contributed by atoms with van der Waals surface area (Å²) in [6.07, 6.45) is 0. The highest BCUT2D eigenvalue weighted by Gasteiger charge is 2.22. The Kier molecular flexibility index (Phi) is 2.22. The van der Waals surface area contributed by atoms with Crippen LogP contribution in [0.5, 0.6) is 5.75 Å². The van der Waals surface area contributed by atoms with E-state index in [4.69, 9.17) is 5.73 Å². The third kappa shape index (κ3) is 1.46. The van der Waals surface area contributed by atoms with Gasteiger partial charge in [0.1, 0.15) is 5.56 Å². The molecule has 0 aliphatic heterocycles. The first-order valence-electron chi connectivity index (χ1n) is 4.09. The molecular weight excluding hydrogens is 225 g/mol. The average Bonchev–Trinajstić information content (AvgIpc) is 2.62. The molecule has 0 fully saturated rings. The summed E-state index contributed by atoms with van der Waals surface area (Å²) in [6, 6.07) is 1.27. The summed E-state index contributed by atoms with van der Waals surface area (Å²) < 4.78 is 43.7. The van der Waals surface area contributed by atoms with E-state index in [1.165, 1.54) is 0 Å². The lowest BCUT2D eigenvalue weighted by Gasteiger charge is -2.04. The molecule has 4 nitrogen and oxygen atoms in total. The maximum absolute atomic E-state index is 13.3. The Balaban J connectivity index is 2.73. The number of rotatable bonds is 1. The number of benzene rings is 1. The van der Waals surface area contributed by atoms with Crippen LogP contribution in [0.4, 0.5) is 19.0 Å². The van der Waals surface area contributed by atoms with E-state index in [9.17, 15) is 18.3 Å². The first-order chi connectivity index (χ1) is 7.50. The molecule has 0 aliphatic rings. The lowest BCUT2D eigenvalue weighted by atomic mass is 10.1. The molecule has 84 valence electrons. The minimum absolute atomic E-state index is 0.0986. The summed E-state index contributed by atoms with van der Waals surface area (Å²) in [6.45, 7) is 0. The van der Waals surface area contributed by atoms with Gasteiger partial charge in [0.25, 0.3) is 0 Å². The molecule has 0 saturated carbocycles. The maximum atomic E-state index is 13.3. The van der Waals surface area contributed by atoms with E-state index in [1.54, 1.807) is 0 Å². The largest absolute Gasteiger partial charge is 0.504 e. The molecule has 0 aliphatic carbocycles. The Labute approximate surface area is 87.1 Å². The summed E-state index contributed by atoms with van der Waals surface area (Å²) in [4.78, 5) is 0. The van der Waals surface area contributed by atoms with Gasteiger partial charge in [-0.1, -0.05) is 5.16 Å². The number of halogens is 3. The number of nitrogens with zero attached hydrogens (tertiary/aromatic N) is 1. The molecule has 0 saturated heterocycles. The highest BCUT2D eigenvalue weighted by Crippen LogP contribution is 2.35. The van der Waals surface area contributed by atoms with Crippen molar-refractivity contribution in [3.8, 4) is 17.1 Å². The molecule has 1 heterocycles. The SMILES string of the molecule is Nc1cc(-c2c(O)c(F)cc(F)c2F)on1. The van der Waals surface area contributed by atoms with Crippen LogP contribution in [0.25, 0.3) is 11.3 Å². The lowest BCUT2D eigenvalue weighted by molar-refractivity contribution is 0.400. The molecule has 0 spiro atoms. The molecule has 2 rings (SSSR count). The van der Waals surface area contributed by atoms with Gasteiger partial charge in [-0.2, -0.15) is 0 Å². The summed E-state index contributed by atoms with van der Waals surface area (Å²) in [5.41, 5.74) is 4.45. The van der Waals surface area contributed by atoms with Gasteiger partial charge in [0.2, 0.25) is 0 Å². The second-order valence-electron chi connectivity index (χ2n) is 2.99. The smallest absolute Gasteiger partial charge is 0.175 e. The van der Waals surface area contributed by atoms with Crippen molar-refractivity contribution in [1.29, 1.82) is 0 Å². The summed E-state index contributed by atoms with van der Waals surface area (Å²) in [5, 5.41) is 12.5. The van der Waals surface area contributed by atoms with Gasteiger partial charge in [-0.15, -0.1) is 0 Å². The van der Waals surface area contributed by atoms with Crippen LogP contribution in [0.15, 0.2) is 16.7 Å². The minimum atomic E-state index is -1.44. The van der Waals surface area contributed by atoms with Crippen molar-refractivity contribution in [2.75, 3.05) is 5.73 Å². The van der Waals surface area contributed by atoms with Crippen molar-refractivity contribution in [1.82, 2.24) is 5.16 Å². The van der Waals surface area contributed by atoms with Gasteiger partial charge in [-0.3, -0.25) is 0 Å². The summed E-state index contributed by atoms with van der Waals surface area (Å²) in [7, 11) is 0. The first-order valence-corrected chi connectivity index (χ1v) is 4.09. The van der Waals surface area contributed by atoms with Crippen molar-refractivity contribution >= 4 is 5.82 Å². The normalized spacial score (nSPS) is 10.7. The molecule has 7 heteroatoms. The molecule has 0 atom stereocenters. The quantitative estimate of drug-likeness (QED) is 0.735. The van der Waals surface area contributed by atoms with Crippen LogP contribution in [0.1, 0.15) is 0 Å². The second kappa shape index (κ2) is 3.44. The number of hydrogen-bond donors (Lipinski definition) is 2. The Morgan fingerprint density at radius 2 is 1.88 bits per heavy atom. The van der Waals surface area contributed by atoms with Crippen molar-refractivity contribution in [3.05, 3.63) is 29.6 Å². The maximum Gasteiger partial charge on any atom is 0.175 e. The van der Waals surface area contributed by atoms with Crippen LogP contribution >= 0.6 is 0 Å². The molecule has 0 unspecified atom stereocenters. The fourth-order valence-electron chi connectivity index (χ4n) is 1.22. The first kappa shape index (κ1) is 10.3. The summed E-state index contributed by atoms with van der Waals surface area (Å²) in [5.74, 6) is -5.70. The van der Waals surface area contributed by atoms with E-state index in [0.717, 1.165) is 6.07 Å². The number of phenolic OH excluding ortho intramolecular Hbond substituents is 1. The van der Waals surface area contributed by atoms with Gasteiger partial charge >= 0.3 is 0 Å². The number of aromatic hydroxyl groups is 1. The average molecular weight is 230 g/mol. The molecule has 0 amide bonds. The van der Waals surface area contributed by atoms with E-state index >= 15 is 0 Å². The van der Waals surface area contributed by atoms with Crippen LogP contribution in [-0.4, -0.2) is 10.3 Å². The van der Waals surface area contributed by atoms with Crippen LogP contribution in [0.3, 0.4) is 0 Å². The Morgan fingerprint density at radius 1 is 1.19 bits per heavy atom. The van der Waals surface area contributed by atoms with Gasteiger partial charge in [0.15, 0.2) is 34.8 Å². The molecule has 0 bridgehead atoms. The highest BCUT2D eigenvalue weighted by molar-refractivity contribution is 5.68. The molecular formula is C9H5F3N2O2. The molecule has 2 aromatic rings. The van der Waals surface area contributed by atoms with E-state index < -0.39 is 28.8 Å². The van der Waals surface area contributed by atoms with Crippen molar-refractivity contribution in [3.63, 3.8) is 0 Å². The third-order valence-electron chi connectivity index (χ3n) is 1.92. The number of nitrogens with two attached hydrogens (primary N) is 1. The van der Waals surface area contributed by atoms with E-state index in [-0.39, 0.29) is 17.6 Å². The molecule has 3 N–H and O–H groups in total. The highest BCUT2D eigenvalue weighted by atomic mass is 19.2. The predicted octanol–water partition coefficient (Wildman–Crippen LogP) is 2.05. The van der Waals surface area contributed by atoms with Crippen LogP contribution < -0.4 is 5.73 Å². The zero-order valence-corrected chi connectivity index (χ0v) is 7.67. The second-order valence-corrected chi connectivity index (χ2v) is 2.99. The van der Waals surface area contributed by atoms with Gasteiger partial charge in [-0.25, -0.2) is 13.2 Å². The number of nitrogen functional groups attached to an aromatic ring is 1. The van der Waals surface area contributed by atoms with Gasteiger partial charge < -0.3 is 15.4 Å². The zero-order chi connectivity index (χ0) is 11.9. The Hall–Kier alpha value is -2.18. The van der Waals surface area contributed by atoms with Crippen molar-refractivity contribution in [2.24, 2.45) is 0 Å². The standard InChI is InChI=1S/C9H5F3N2O2/c10-3-1-4(11)9(15)7(8(3)12)5-2-6(13)14-16-5/h1-2,15H,(H2,13,14). The fraction of sp³-hybridized carbons (Fsp3) is 0. The Morgan fingerprint density at radius 3 is 2.44 bits per heavy atom. The van der Waals surface area contributed by atoms with Gasteiger partial charge in [0, 0.05) is 12.1 Å². The van der Waals surface area contributed by atoms with Crippen LogP contribution in [-0.2, 0) is 0 Å². The van der Waals surface area contributed by atoms with E-state index in [1.807, 2.05) is 0 Å². The molecule has 1 aromatic heterocycles. The van der Waals surface area contributed by atoms with Crippen molar-refractivity contribution in [2.45, 2.75) is 0 Å². The topological polar surface area (TPSA) is 72.3 Å². The van der Waals surface area contributed by atoms with Gasteiger partial charge in [0.05, 0.1) is 0 Å².